The van der Waals surface area contributed by atoms with Crippen LogP contribution < -0.4 is 14.8 Å². The first-order chi connectivity index (χ1) is 23.7. The number of anilines is 5. The second-order valence-electron chi connectivity index (χ2n) is 13.0. The van der Waals surface area contributed by atoms with Gasteiger partial charge in [0.1, 0.15) is 11.9 Å². The molecule has 0 bridgehead atoms. The minimum Gasteiger partial charge on any atom is -0.276 e. The summed E-state index contributed by atoms with van der Waals surface area (Å²) in [6.07, 6.45) is 3.63. The molecule has 0 saturated carbocycles. The summed E-state index contributed by atoms with van der Waals surface area (Å²) < 4.78 is 0. The van der Waals surface area contributed by atoms with E-state index in [-0.39, 0.29) is 29.0 Å². The van der Waals surface area contributed by atoms with Gasteiger partial charge in [-0.05, 0) is 84.4 Å². The van der Waals surface area contributed by atoms with Crippen molar-refractivity contribution in [1.29, 1.82) is 5.26 Å². The van der Waals surface area contributed by atoms with E-state index in [1.807, 2.05) is 48.5 Å². The fraction of sp³-hybridized carbons (Fsp3) is 0.195. The van der Waals surface area contributed by atoms with Gasteiger partial charge in [-0.2, -0.15) is 15.4 Å². The predicted octanol–water partition coefficient (Wildman–Crippen LogP) is 9.48. The number of nitrogens with zero attached hydrogens (tertiary/aromatic N) is 7. The Labute approximate surface area is 287 Å². The maximum atomic E-state index is 13.9. The van der Waals surface area contributed by atoms with Crippen LogP contribution in [0.1, 0.15) is 61.8 Å². The number of rotatable bonds is 6. The Morgan fingerprint density at radius 2 is 1.20 bits per heavy atom. The van der Waals surface area contributed by atoms with Crippen LogP contribution in [0.25, 0.3) is 11.0 Å². The highest BCUT2D eigenvalue weighted by Crippen LogP contribution is 2.52. The second kappa shape index (κ2) is 12.5. The molecule has 0 N–H and O–H groups in total. The summed E-state index contributed by atoms with van der Waals surface area (Å²) >= 11 is 0. The van der Waals surface area contributed by atoms with Gasteiger partial charge >= 0.3 is 0 Å². The first-order valence-electron chi connectivity index (χ1n) is 16.6. The standard InChI is InChI=1S/C41H37N7O/c1-25(2)30-18-13-19-31(26(3)4)38(30)47-36(23-22-32-35(24-42)45-48(41(32)49)29-16-8-7-9-17-29)46(37-27(5)14-12-15-28(37)6)39-40(47)44-34-21-11-10-20-33(34)43-39/h7-23,25-26H,1-6H3/b32-22-,36-23+. The highest BCUT2D eigenvalue weighted by atomic mass is 16.2. The number of carbonyl (C=O) groups is 1. The fourth-order valence-electron chi connectivity index (χ4n) is 6.67. The summed E-state index contributed by atoms with van der Waals surface area (Å²) in [6, 6.07) is 31.9. The van der Waals surface area contributed by atoms with Crippen LogP contribution in [0.15, 0.2) is 120 Å². The number of benzene rings is 4. The van der Waals surface area contributed by atoms with E-state index in [0.29, 0.717) is 17.3 Å². The molecule has 2 aliphatic rings. The van der Waals surface area contributed by atoms with Crippen molar-refractivity contribution >= 4 is 51.4 Å². The Kier molecular flexibility index (Phi) is 8.05. The molecule has 1 amide bonds. The van der Waals surface area contributed by atoms with Crippen LogP contribution in [-0.4, -0.2) is 21.6 Å². The average Bonchev–Trinajstić information content (AvgIpc) is 3.58. The van der Waals surface area contributed by atoms with Gasteiger partial charge in [0.2, 0.25) is 0 Å². The van der Waals surface area contributed by atoms with Crippen molar-refractivity contribution in [1.82, 2.24) is 9.97 Å². The zero-order valence-electron chi connectivity index (χ0n) is 28.5. The van der Waals surface area contributed by atoms with Gasteiger partial charge in [-0.25, -0.2) is 9.97 Å². The van der Waals surface area contributed by atoms with E-state index in [0.717, 1.165) is 39.4 Å². The van der Waals surface area contributed by atoms with E-state index in [4.69, 9.17) is 9.97 Å². The number of hydrogen-bond donors (Lipinski definition) is 0. The van der Waals surface area contributed by atoms with Crippen molar-refractivity contribution in [2.75, 3.05) is 14.8 Å². The molecule has 4 aromatic carbocycles. The Morgan fingerprint density at radius 1 is 0.673 bits per heavy atom. The van der Waals surface area contributed by atoms with Crippen molar-refractivity contribution in [3.63, 3.8) is 0 Å². The maximum absolute atomic E-state index is 13.9. The SMILES string of the molecule is Cc1cccc(C)c1N1/C(=C\C=C2/C(=O)N(c3ccccc3)N=C2C#N)N(c2c(C(C)C)cccc2C(C)C)c2nc3ccccc3nc21. The van der Waals surface area contributed by atoms with Gasteiger partial charge in [0, 0.05) is 0 Å². The quantitative estimate of drug-likeness (QED) is 0.171. The topological polar surface area (TPSA) is 88.7 Å². The van der Waals surface area contributed by atoms with Gasteiger partial charge < -0.3 is 0 Å². The number of aryl methyl sites for hydroxylation is 2. The number of para-hydroxylation sites is 5. The molecule has 8 heteroatoms. The molecule has 2 aliphatic heterocycles. The van der Waals surface area contributed by atoms with E-state index in [1.165, 1.54) is 16.1 Å². The zero-order valence-corrected chi connectivity index (χ0v) is 28.5. The number of fused-ring (bicyclic) bond motifs is 2. The lowest BCUT2D eigenvalue weighted by Crippen LogP contribution is -2.25. The van der Waals surface area contributed by atoms with Crippen molar-refractivity contribution in [3.8, 4) is 6.07 Å². The molecule has 0 aliphatic carbocycles. The lowest BCUT2D eigenvalue weighted by Gasteiger charge is -2.31. The van der Waals surface area contributed by atoms with Crippen LogP contribution >= 0.6 is 0 Å². The number of nitriles is 1. The van der Waals surface area contributed by atoms with Crippen LogP contribution in [0.4, 0.5) is 28.7 Å². The molecule has 8 nitrogen and oxygen atoms in total. The zero-order chi connectivity index (χ0) is 34.4. The summed E-state index contributed by atoms with van der Waals surface area (Å²) in [6.45, 7) is 13.0. The molecule has 49 heavy (non-hydrogen) atoms. The number of aromatic nitrogens is 2. The third-order valence-electron chi connectivity index (χ3n) is 9.03. The second-order valence-corrected chi connectivity index (χ2v) is 13.0. The van der Waals surface area contributed by atoms with Gasteiger partial charge in [-0.15, -0.1) is 0 Å². The third kappa shape index (κ3) is 5.34. The molecular weight excluding hydrogens is 606 g/mol. The van der Waals surface area contributed by atoms with Crippen molar-refractivity contribution in [3.05, 3.63) is 137 Å². The van der Waals surface area contributed by atoms with Gasteiger partial charge in [0.05, 0.1) is 33.7 Å². The largest absolute Gasteiger partial charge is 0.281 e. The van der Waals surface area contributed by atoms with E-state index >= 15 is 0 Å². The summed E-state index contributed by atoms with van der Waals surface area (Å²) in [5.74, 6) is 2.16. The van der Waals surface area contributed by atoms with Crippen LogP contribution in [0.3, 0.4) is 0 Å². The van der Waals surface area contributed by atoms with E-state index < -0.39 is 0 Å². The first kappa shape index (κ1) is 31.5. The summed E-state index contributed by atoms with van der Waals surface area (Å²) in [7, 11) is 0. The number of hydrazone groups is 1. The number of hydrogen-bond acceptors (Lipinski definition) is 7. The number of carbonyl (C=O) groups excluding carboxylic acids is 1. The highest BCUT2D eigenvalue weighted by Gasteiger charge is 2.40. The molecule has 0 saturated heterocycles. The van der Waals surface area contributed by atoms with Crippen LogP contribution in [0.5, 0.6) is 0 Å². The summed E-state index contributed by atoms with van der Waals surface area (Å²) in [4.78, 5) is 28.8. The lowest BCUT2D eigenvalue weighted by molar-refractivity contribution is -0.114. The first-order valence-corrected chi connectivity index (χ1v) is 16.6. The number of allylic oxidation sites excluding steroid dienone is 2. The van der Waals surface area contributed by atoms with Crippen molar-refractivity contribution < 1.29 is 4.79 Å². The third-order valence-corrected chi connectivity index (χ3v) is 9.03. The molecule has 0 atom stereocenters. The lowest BCUT2D eigenvalue weighted by atomic mass is 9.92. The molecule has 0 fully saturated rings. The molecule has 1 aromatic heterocycles. The van der Waals surface area contributed by atoms with Gasteiger partial charge in [0.25, 0.3) is 5.91 Å². The molecule has 242 valence electrons. The maximum Gasteiger partial charge on any atom is 0.281 e. The Morgan fingerprint density at radius 3 is 1.76 bits per heavy atom. The minimum absolute atomic E-state index is 0.0545. The Bertz CT molecular complexity index is 2210. The summed E-state index contributed by atoms with van der Waals surface area (Å²) in [5, 5.41) is 15.8. The van der Waals surface area contributed by atoms with E-state index in [9.17, 15) is 10.1 Å². The van der Waals surface area contributed by atoms with Gasteiger partial charge in [-0.1, -0.05) is 94.4 Å². The highest BCUT2D eigenvalue weighted by molar-refractivity contribution is 6.35. The fourth-order valence-corrected chi connectivity index (χ4v) is 6.67. The van der Waals surface area contributed by atoms with Crippen molar-refractivity contribution in [2.24, 2.45) is 5.10 Å². The Balaban J connectivity index is 1.55. The normalized spacial score (nSPS) is 16.0. The van der Waals surface area contributed by atoms with E-state index in [1.54, 1.807) is 18.2 Å². The van der Waals surface area contributed by atoms with Crippen LogP contribution in [0, 0.1) is 25.2 Å². The summed E-state index contributed by atoms with van der Waals surface area (Å²) in [5.41, 5.74) is 8.90. The van der Waals surface area contributed by atoms with Gasteiger partial charge in [-0.3, -0.25) is 14.6 Å². The molecule has 5 aromatic rings. The molecule has 0 spiro atoms. The monoisotopic (exact) mass is 643 g/mol. The smallest absolute Gasteiger partial charge is 0.276 e. The Hall–Kier alpha value is -6.07. The molecule has 7 rings (SSSR count). The molecule has 3 heterocycles. The minimum atomic E-state index is -0.368. The van der Waals surface area contributed by atoms with Crippen LogP contribution in [-0.2, 0) is 4.79 Å². The number of amides is 1. The van der Waals surface area contributed by atoms with Crippen molar-refractivity contribution in [2.45, 2.75) is 53.4 Å². The molecule has 0 radical (unpaired) electrons. The van der Waals surface area contributed by atoms with Crippen LogP contribution in [0.2, 0.25) is 0 Å². The average molecular weight is 644 g/mol. The van der Waals surface area contributed by atoms with E-state index in [2.05, 4.69) is 98.9 Å². The molecular formula is C41H37N7O. The van der Waals surface area contributed by atoms with Gasteiger partial charge in [0.15, 0.2) is 17.3 Å². The predicted molar refractivity (Wildman–Crippen MR) is 197 cm³/mol. The molecule has 0 unspecified atom stereocenters.